The Kier molecular flexibility index (Phi) is 8.83. The summed E-state index contributed by atoms with van der Waals surface area (Å²) in [6, 6.07) is 11.6. The van der Waals surface area contributed by atoms with Crippen LogP contribution in [-0.4, -0.2) is 34.5 Å². The van der Waals surface area contributed by atoms with Gasteiger partial charge in [-0.15, -0.1) is 0 Å². The standard InChI is InChI=1S/C29H33F2N3O4/c1-17(2)25(28(37)38-29(3,4)5)33-15-14-18-6-9-20(10-7-18)34-24(35)13-12-22(27(34)32)26(36)21-11-8-19(30)16-23(21)31/h6-13,16-17,25,33H,14-15,32H2,1-5H3/t25-/m0/s1. The summed E-state index contributed by atoms with van der Waals surface area (Å²) in [5.74, 6) is -3.00. The van der Waals surface area contributed by atoms with Gasteiger partial charge in [0, 0.05) is 12.1 Å². The quantitative estimate of drug-likeness (QED) is 0.317. The third-order valence-electron chi connectivity index (χ3n) is 5.85. The lowest BCUT2D eigenvalue weighted by Crippen LogP contribution is -2.45. The first kappa shape index (κ1) is 28.7. The average Bonchev–Trinajstić information content (AvgIpc) is 2.81. The molecule has 3 aromatic rings. The SMILES string of the molecule is CC(C)[C@H](NCCc1ccc(-n2c(N)c(C(=O)c3ccc(F)cc3F)ccc2=O)cc1)C(=O)OC(C)(C)C. The number of hydrogen-bond acceptors (Lipinski definition) is 6. The summed E-state index contributed by atoms with van der Waals surface area (Å²) in [5, 5.41) is 3.26. The van der Waals surface area contributed by atoms with E-state index in [9.17, 15) is 23.2 Å². The maximum Gasteiger partial charge on any atom is 0.323 e. The molecular formula is C29H33F2N3O4. The fourth-order valence-electron chi connectivity index (χ4n) is 3.97. The van der Waals surface area contributed by atoms with E-state index < -0.39 is 34.6 Å². The van der Waals surface area contributed by atoms with E-state index in [1.807, 2.05) is 46.8 Å². The molecule has 0 fully saturated rings. The Balaban J connectivity index is 1.76. The second-order valence-electron chi connectivity index (χ2n) is 10.4. The van der Waals surface area contributed by atoms with Gasteiger partial charge in [-0.05, 0) is 75.5 Å². The fourth-order valence-corrected chi connectivity index (χ4v) is 3.97. The van der Waals surface area contributed by atoms with Crippen molar-refractivity contribution >= 4 is 17.6 Å². The minimum absolute atomic E-state index is 0.0421. The van der Waals surface area contributed by atoms with Gasteiger partial charge in [0.25, 0.3) is 5.56 Å². The van der Waals surface area contributed by atoms with E-state index >= 15 is 0 Å². The molecule has 0 aliphatic heterocycles. The number of ether oxygens (including phenoxy) is 1. The number of nitrogens with zero attached hydrogens (tertiary/aromatic N) is 1. The van der Waals surface area contributed by atoms with Crippen LogP contribution in [0.4, 0.5) is 14.6 Å². The Labute approximate surface area is 220 Å². The van der Waals surface area contributed by atoms with Crippen LogP contribution in [0.3, 0.4) is 0 Å². The van der Waals surface area contributed by atoms with Crippen LogP contribution < -0.4 is 16.6 Å². The van der Waals surface area contributed by atoms with Crippen LogP contribution in [0.15, 0.2) is 59.4 Å². The molecule has 0 aliphatic carbocycles. The Morgan fingerprint density at radius 1 is 1.00 bits per heavy atom. The van der Waals surface area contributed by atoms with Gasteiger partial charge in [-0.3, -0.25) is 19.0 Å². The highest BCUT2D eigenvalue weighted by Crippen LogP contribution is 2.21. The number of nitrogens with one attached hydrogen (secondary N) is 1. The number of ketones is 1. The van der Waals surface area contributed by atoms with E-state index in [-0.39, 0.29) is 28.8 Å². The number of rotatable bonds is 9. The molecule has 0 amide bonds. The van der Waals surface area contributed by atoms with Gasteiger partial charge in [-0.25, -0.2) is 8.78 Å². The summed E-state index contributed by atoms with van der Waals surface area (Å²) in [5.41, 5.74) is 6.08. The number of anilines is 1. The normalized spacial score (nSPS) is 12.4. The van der Waals surface area contributed by atoms with Gasteiger partial charge >= 0.3 is 5.97 Å². The summed E-state index contributed by atoms with van der Waals surface area (Å²) in [6.07, 6.45) is 0.610. The smallest absolute Gasteiger partial charge is 0.323 e. The van der Waals surface area contributed by atoms with Crippen LogP contribution in [0.25, 0.3) is 5.69 Å². The zero-order chi connectivity index (χ0) is 28.2. The molecule has 38 heavy (non-hydrogen) atoms. The van der Waals surface area contributed by atoms with E-state index in [0.717, 1.165) is 22.3 Å². The molecule has 1 atom stereocenters. The maximum atomic E-state index is 14.2. The lowest BCUT2D eigenvalue weighted by Gasteiger charge is -2.26. The van der Waals surface area contributed by atoms with Crippen molar-refractivity contribution < 1.29 is 23.1 Å². The molecule has 1 aromatic heterocycles. The highest BCUT2D eigenvalue weighted by molar-refractivity contribution is 6.11. The third-order valence-corrected chi connectivity index (χ3v) is 5.85. The van der Waals surface area contributed by atoms with Gasteiger partial charge < -0.3 is 15.8 Å². The van der Waals surface area contributed by atoms with Crippen LogP contribution in [0, 0.1) is 17.6 Å². The van der Waals surface area contributed by atoms with Crippen molar-refractivity contribution in [1.82, 2.24) is 9.88 Å². The fraction of sp³-hybridized carbons (Fsp3) is 0.345. The monoisotopic (exact) mass is 525 g/mol. The highest BCUT2D eigenvalue weighted by atomic mass is 19.1. The largest absolute Gasteiger partial charge is 0.459 e. The Hall–Kier alpha value is -3.85. The van der Waals surface area contributed by atoms with Crippen molar-refractivity contribution in [3.63, 3.8) is 0 Å². The molecule has 202 valence electrons. The van der Waals surface area contributed by atoms with Gasteiger partial charge in [-0.1, -0.05) is 26.0 Å². The lowest BCUT2D eigenvalue weighted by molar-refractivity contribution is -0.158. The molecule has 2 aromatic carbocycles. The molecule has 0 bridgehead atoms. The maximum absolute atomic E-state index is 14.2. The van der Waals surface area contributed by atoms with Crippen molar-refractivity contribution in [1.29, 1.82) is 0 Å². The predicted molar refractivity (Wildman–Crippen MR) is 142 cm³/mol. The second-order valence-corrected chi connectivity index (χ2v) is 10.4. The molecule has 3 rings (SSSR count). The number of aromatic nitrogens is 1. The Bertz CT molecular complexity index is 1380. The molecule has 0 saturated carbocycles. The lowest BCUT2D eigenvalue weighted by atomic mass is 10.0. The number of pyridine rings is 1. The number of nitrogens with two attached hydrogens (primary N) is 1. The van der Waals surface area contributed by atoms with Crippen molar-refractivity contribution in [2.75, 3.05) is 12.3 Å². The molecule has 7 nitrogen and oxygen atoms in total. The summed E-state index contributed by atoms with van der Waals surface area (Å²) >= 11 is 0. The van der Waals surface area contributed by atoms with Crippen LogP contribution in [0.1, 0.15) is 56.1 Å². The molecular weight excluding hydrogens is 492 g/mol. The van der Waals surface area contributed by atoms with Crippen molar-refractivity contribution in [2.24, 2.45) is 5.92 Å². The van der Waals surface area contributed by atoms with E-state index in [4.69, 9.17) is 10.5 Å². The molecule has 1 heterocycles. The number of esters is 1. The van der Waals surface area contributed by atoms with Crippen LogP contribution in [-0.2, 0) is 16.0 Å². The zero-order valence-corrected chi connectivity index (χ0v) is 22.2. The van der Waals surface area contributed by atoms with Gasteiger partial charge in [0.2, 0.25) is 0 Å². The van der Waals surface area contributed by atoms with E-state index in [2.05, 4.69) is 5.32 Å². The molecule has 0 spiro atoms. The second kappa shape index (κ2) is 11.7. The molecule has 3 N–H and O–H groups in total. The van der Waals surface area contributed by atoms with Crippen molar-refractivity contribution in [3.8, 4) is 5.69 Å². The number of carbonyl (C=O) groups is 2. The predicted octanol–water partition coefficient (Wildman–Crippen LogP) is 4.43. The average molecular weight is 526 g/mol. The summed E-state index contributed by atoms with van der Waals surface area (Å²) < 4.78 is 34.1. The van der Waals surface area contributed by atoms with E-state index in [0.29, 0.717) is 24.7 Å². The van der Waals surface area contributed by atoms with Gasteiger partial charge in [0.1, 0.15) is 29.1 Å². The minimum atomic E-state index is -1.02. The molecule has 0 aliphatic rings. The zero-order valence-electron chi connectivity index (χ0n) is 22.2. The highest BCUT2D eigenvalue weighted by Gasteiger charge is 2.27. The summed E-state index contributed by atoms with van der Waals surface area (Å²) in [4.78, 5) is 38.0. The number of benzene rings is 2. The molecule has 9 heteroatoms. The Morgan fingerprint density at radius 3 is 2.21 bits per heavy atom. The molecule has 0 unspecified atom stereocenters. The molecule has 0 radical (unpaired) electrons. The van der Waals surface area contributed by atoms with Crippen LogP contribution in [0.2, 0.25) is 0 Å². The first-order chi connectivity index (χ1) is 17.8. The summed E-state index contributed by atoms with van der Waals surface area (Å²) in [6.45, 7) is 9.90. The van der Waals surface area contributed by atoms with Gasteiger partial charge in [-0.2, -0.15) is 0 Å². The van der Waals surface area contributed by atoms with E-state index in [1.54, 1.807) is 12.1 Å². The number of hydrogen-bond donors (Lipinski definition) is 2. The number of halogens is 2. The van der Waals surface area contributed by atoms with Gasteiger partial charge in [0.15, 0.2) is 5.78 Å². The minimum Gasteiger partial charge on any atom is -0.459 e. The van der Waals surface area contributed by atoms with Crippen LogP contribution in [0.5, 0.6) is 0 Å². The van der Waals surface area contributed by atoms with E-state index in [1.165, 1.54) is 12.1 Å². The number of nitrogen functional groups attached to an aromatic ring is 1. The Morgan fingerprint density at radius 2 is 1.63 bits per heavy atom. The topological polar surface area (TPSA) is 103 Å². The molecule has 0 saturated heterocycles. The first-order valence-corrected chi connectivity index (χ1v) is 12.4. The first-order valence-electron chi connectivity index (χ1n) is 12.4. The van der Waals surface area contributed by atoms with Crippen molar-refractivity contribution in [3.05, 3.63) is 93.3 Å². The third kappa shape index (κ3) is 6.92. The van der Waals surface area contributed by atoms with Gasteiger partial charge in [0.05, 0.1) is 16.8 Å². The van der Waals surface area contributed by atoms with Crippen molar-refractivity contribution in [2.45, 2.75) is 52.7 Å². The number of carbonyl (C=O) groups excluding carboxylic acids is 2. The van der Waals surface area contributed by atoms with Crippen LogP contribution >= 0.6 is 0 Å². The summed E-state index contributed by atoms with van der Waals surface area (Å²) in [7, 11) is 0.